The number of carbonyl (C=O) groups excluding carboxylic acids is 1. The molecule has 4 heteroatoms. The summed E-state index contributed by atoms with van der Waals surface area (Å²) in [4.78, 5) is 11.8. The lowest BCUT2D eigenvalue weighted by atomic mass is 9.93. The molecule has 2 unspecified atom stereocenters. The average molecular weight is 268 g/mol. The van der Waals surface area contributed by atoms with Crippen molar-refractivity contribution >= 4 is 5.91 Å². The Hall–Kier alpha value is -0.610. The molecule has 0 spiro atoms. The van der Waals surface area contributed by atoms with Crippen LogP contribution in [0.4, 0.5) is 0 Å². The Morgan fingerprint density at radius 3 is 2.63 bits per heavy atom. The van der Waals surface area contributed by atoms with Crippen molar-refractivity contribution in [3.8, 4) is 0 Å². The highest BCUT2D eigenvalue weighted by atomic mass is 16.3. The largest absolute Gasteiger partial charge is 0.396 e. The molecule has 0 radical (unpaired) electrons. The van der Waals surface area contributed by atoms with E-state index in [0.717, 1.165) is 44.8 Å². The van der Waals surface area contributed by atoms with Gasteiger partial charge in [0, 0.05) is 19.6 Å². The minimum Gasteiger partial charge on any atom is -0.396 e. The summed E-state index contributed by atoms with van der Waals surface area (Å²) in [5.41, 5.74) is 0. The maximum atomic E-state index is 11.8. The number of carbonyl (C=O) groups is 1. The highest BCUT2D eigenvalue weighted by Gasteiger charge is 2.26. The maximum absolute atomic E-state index is 11.8. The summed E-state index contributed by atoms with van der Waals surface area (Å²) < 4.78 is 0. The predicted molar refractivity (Wildman–Crippen MR) is 75.8 cm³/mol. The van der Waals surface area contributed by atoms with E-state index in [2.05, 4.69) is 10.6 Å². The molecule has 3 N–H and O–H groups in total. The van der Waals surface area contributed by atoms with Gasteiger partial charge in [-0.05, 0) is 62.9 Å². The lowest BCUT2D eigenvalue weighted by Crippen LogP contribution is -2.32. The maximum Gasteiger partial charge on any atom is 0.220 e. The van der Waals surface area contributed by atoms with Crippen LogP contribution in [-0.2, 0) is 4.79 Å². The Bertz CT molecular complexity index is 277. The van der Waals surface area contributed by atoms with Crippen LogP contribution in [0, 0.1) is 17.8 Å². The Balaban J connectivity index is 1.58. The first-order valence-corrected chi connectivity index (χ1v) is 7.88. The third-order valence-electron chi connectivity index (χ3n) is 4.85. The molecule has 1 aliphatic heterocycles. The summed E-state index contributed by atoms with van der Waals surface area (Å²) in [5.74, 6) is 1.82. The van der Waals surface area contributed by atoms with Crippen LogP contribution in [-0.4, -0.2) is 37.3 Å². The molecule has 1 saturated carbocycles. The van der Waals surface area contributed by atoms with Gasteiger partial charge < -0.3 is 15.7 Å². The van der Waals surface area contributed by atoms with Crippen molar-refractivity contribution in [1.29, 1.82) is 0 Å². The van der Waals surface area contributed by atoms with Gasteiger partial charge in [0.1, 0.15) is 0 Å². The van der Waals surface area contributed by atoms with Crippen molar-refractivity contribution in [2.75, 3.05) is 26.2 Å². The molecular formula is C15H28N2O2. The smallest absolute Gasteiger partial charge is 0.220 e. The van der Waals surface area contributed by atoms with Gasteiger partial charge in [0.15, 0.2) is 0 Å². The highest BCUT2D eigenvalue weighted by molar-refractivity contribution is 5.75. The summed E-state index contributed by atoms with van der Waals surface area (Å²) in [6.45, 7) is 3.24. The fraction of sp³-hybridized carbons (Fsp3) is 0.933. The molecule has 0 aromatic rings. The first-order valence-electron chi connectivity index (χ1n) is 7.88. The van der Waals surface area contributed by atoms with Gasteiger partial charge >= 0.3 is 0 Å². The summed E-state index contributed by atoms with van der Waals surface area (Å²) in [5, 5.41) is 15.7. The van der Waals surface area contributed by atoms with Crippen molar-refractivity contribution < 1.29 is 9.90 Å². The second-order valence-corrected chi connectivity index (χ2v) is 6.17. The summed E-state index contributed by atoms with van der Waals surface area (Å²) >= 11 is 0. The van der Waals surface area contributed by atoms with E-state index in [9.17, 15) is 9.90 Å². The Morgan fingerprint density at radius 1 is 1.16 bits per heavy atom. The molecule has 0 bridgehead atoms. The normalized spacial score (nSPS) is 28.5. The van der Waals surface area contributed by atoms with Crippen LogP contribution >= 0.6 is 0 Å². The SMILES string of the molecule is O=C(CCC1CCNCC1)NCC1CCCC1CO. The third-order valence-corrected chi connectivity index (χ3v) is 4.85. The summed E-state index contributed by atoms with van der Waals surface area (Å²) in [7, 11) is 0. The number of piperidine rings is 1. The minimum absolute atomic E-state index is 0.196. The molecule has 2 rings (SSSR count). The molecule has 19 heavy (non-hydrogen) atoms. The van der Waals surface area contributed by atoms with Gasteiger partial charge in [0.2, 0.25) is 5.91 Å². The zero-order valence-electron chi connectivity index (χ0n) is 11.9. The van der Waals surface area contributed by atoms with Crippen LogP contribution in [0.3, 0.4) is 0 Å². The van der Waals surface area contributed by atoms with Crippen LogP contribution in [0.5, 0.6) is 0 Å². The van der Waals surface area contributed by atoms with E-state index >= 15 is 0 Å². The number of nitrogens with one attached hydrogen (secondary N) is 2. The minimum atomic E-state index is 0.196. The number of amides is 1. The van der Waals surface area contributed by atoms with E-state index in [1.54, 1.807) is 0 Å². The highest BCUT2D eigenvalue weighted by Crippen LogP contribution is 2.30. The number of rotatable bonds is 6. The van der Waals surface area contributed by atoms with Crippen LogP contribution < -0.4 is 10.6 Å². The second-order valence-electron chi connectivity index (χ2n) is 6.17. The molecule has 0 aromatic heterocycles. The van der Waals surface area contributed by atoms with E-state index in [-0.39, 0.29) is 12.5 Å². The summed E-state index contributed by atoms with van der Waals surface area (Å²) in [6, 6.07) is 0. The van der Waals surface area contributed by atoms with E-state index in [0.29, 0.717) is 18.3 Å². The van der Waals surface area contributed by atoms with Crippen molar-refractivity contribution in [2.45, 2.75) is 44.9 Å². The molecule has 1 saturated heterocycles. The first-order chi connectivity index (χ1) is 9.29. The van der Waals surface area contributed by atoms with Crippen molar-refractivity contribution in [2.24, 2.45) is 17.8 Å². The molecule has 110 valence electrons. The molecule has 4 nitrogen and oxygen atoms in total. The molecule has 1 aliphatic carbocycles. The van der Waals surface area contributed by atoms with Crippen LogP contribution in [0.2, 0.25) is 0 Å². The topological polar surface area (TPSA) is 61.4 Å². The summed E-state index contributed by atoms with van der Waals surface area (Å²) in [6.07, 6.45) is 7.58. The van der Waals surface area contributed by atoms with E-state index in [4.69, 9.17) is 0 Å². The van der Waals surface area contributed by atoms with Gasteiger partial charge in [-0.1, -0.05) is 6.42 Å². The second kappa shape index (κ2) is 7.85. The third kappa shape index (κ3) is 4.77. The molecule has 0 aromatic carbocycles. The molecule has 1 heterocycles. The van der Waals surface area contributed by atoms with Crippen LogP contribution in [0.15, 0.2) is 0 Å². The van der Waals surface area contributed by atoms with Gasteiger partial charge in [-0.2, -0.15) is 0 Å². The average Bonchev–Trinajstić information content (AvgIpc) is 2.91. The number of aliphatic hydroxyl groups is 1. The zero-order valence-corrected chi connectivity index (χ0v) is 11.9. The zero-order chi connectivity index (χ0) is 13.5. The Morgan fingerprint density at radius 2 is 1.89 bits per heavy atom. The van der Waals surface area contributed by atoms with E-state index in [1.807, 2.05) is 0 Å². The van der Waals surface area contributed by atoms with Crippen molar-refractivity contribution in [3.63, 3.8) is 0 Å². The predicted octanol–water partition coefficient (Wildman–Crippen LogP) is 1.29. The monoisotopic (exact) mass is 268 g/mol. The standard InChI is InChI=1S/C15H28N2O2/c18-11-14-3-1-2-13(14)10-17-15(19)5-4-12-6-8-16-9-7-12/h12-14,16,18H,1-11H2,(H,17,19). The Labute approximate surface area is 116 Å². The van der Waals surface area contributed by atoms with Gasteiger partial charge in [-0.15, -0.1) is 0 Å². The quantitative estimate of drug-likeness (QED) is 0.680. The van der Waals surface area contributed by atoms with Crippen molar-refractivity contribution in [3.05, 3.63) is 0 Å². The molecule has 2 fully saturated rings. The first kappa shape index (κ1) is 14.8. The Kier molecular flexibility index (Phi) is 6.11. The van der Waals surface area contributed by atoms with Gasteiger partial charge in [0.25, 0.3) is 0 Å². The van der Waals surface area contributed by atoms with Gasteiger partial charge in [-0.3, -0.25) is 4.79 Å². The van der Waals surface area contributed by atoms with Gasteiger partial charge in [0.05, 0.1) is 0 Å². The number of aliphatic hydroxyl groups excluding tert-OH is 1. The fourth-order valence-electron chi connectivity index (χ4n) is 3.46. The van der Waals surface area contributed by atoms with Crippen LogP contribution in [0.1, 0.15) is 44.9 Å². The number of hydrogen-bond acceptors (Lipinski definition) is 3. The molecule has 2 atom stereocenters. The lowest BCUT2D eigenvalue weighted by Gasteiger charge is -2.22. The molecule has 1 amide bonds. The molecule has 2 aliphatic rings. The van der Waals surface area contributed by atoms with Gasteiger partial charge in [-0.25, -0.2) is 0 Å². The number of hydrogen-bond donors (Lipinski definition) is 3. The van der Waals surface area contributed by atoms with E-state index in [1.165, 1.54) is 19.3 Å². The fourth-order valence-corrected chi connectivity index (χ4v) is 3.46. The molecular weight excluding hydrogens is 240 g/mol. The van der Waals surface area contributed by atoms with E-state index < -0.39 is 0 Å². The van der Waals surface area contributed by atoms with Crippen molar-refractivity contribution in [1.82, 2.24) is 10.6 Å². The van der Waals surface area contributed by atoms with Crippen LogP contribution in [0.25, 0.3) is 0 Å². The lowest BCUT2D eigenvalue weighted by molar-refractivity contribution is -0.121.